The number of hydrazone groups is 1. The van der Waals surface area contributed by atoms with Gasteiger partial charge in [-0.05, 0) is 36.3 Å². The van der Waals surface area contributed by atoms with Crippen LogP contribution < -0.4 is 5.01 Å². The fraction of sp³-hybridized carbons (Fsp3) is 0.438. The molecule has 28 heavy (non-hydrogen) atoms. The number of halogens is 6. The number of aromatic nitrogens is 2. The summed E-state index contributed by atoms with van der Waals surface area (Å²) < 4.78 is 80.7. The molecule has 2 aromatic heterocycles. The molecule has 3 heterocycles. The second-order valence-corrected chi connectivity index (χ2v) is 7.53. The third-order valence-corrected chi connectivity index (χ3v) is 5.37. The van der Waals surface area contributed by atoms with E-state index in [0.717, 1.165) is 11.3 Å². The normalized spacial score (nSPS) is 23.2. The summed E-state index contributed by atoms with van der Waals surface area (Å²) in [6, 6.07) is 3.71. The van der Waals surface area contributed by atoms with E-state index in [1.165, 1.54) is 6.07 Å². The highest BCUT2D eigenvalue weighted by Crippen LogP contribution is 2.47. The Hall–Kier alpha value is -2.21. The van der Waals surface area contributed by atoms with Crippen LogP contribution in [0.2, 0.25) is 0 Å². The maximum atomic E-state index is 13.6. The highest BCUT2D eigenvalue weighted by molar-refractivity contribution is 7.13. The highest BCUT2D eigenvalue weighted by atomic mass is 32.1. The molecule has 0 bridgehead atoms. The van der Waals surface area contributed by atoms with E-state index in [2.05, 4.69) is 15.1 Å². The summed E-state index contributed by atoms with van der Waals surface area (Å²) in [5.41, 5.74) is -5.03. The lowest BCUT2D eigenvalue weighted by Gasteiger charge is -2.32. The molecular formula is C16H12F6N4OS. The average molecular weight is 422 g/mol. The SMILES string of the molecule is O[C@@]1(C(F)(F)F)CC(C2CC2)=NN1c1nc(-c2cccs2)cc(C(F)(F)F)n1. The summed E-state index contributed by atoms with van der Waals surface area (Å²) in [7, 11) is 0. The van der Waals surface area contributed by atoms with E-state index < -0.39 is 36.1 Å². The van der Waals surface area contributed by atoms with Crippen LogP contribution in [0, 0.1) is 5.92 Å². The van der Waals surface area contributed by atoms with Crippen molar-refractivity contribution in [2.24, 2.45) is 11.0 Å². The van der Waals surface area contributed by atoms with Gasteiger partial charge < -0.3 is 5.11 Å². The van der Waals surface area contributed by atoms with E-state index in [4.69, 9.17) is 0 Å². The Labute approximate surface area is 158 Å². The van der Waals surface area contributed by atoms with Crippen molar-refractivity contribution in [2.45, 2.75) is 37.3 Å². The van der Waals surface area contributed by atoms with E-state index in [1.807, 2.05) is 0 Å². The Balaban J connectivity index is 1.87. The van der Waals surface area contributed by atoms with Gasteiger partial charge in [0.25, 0.3) is 5.72 Å². The first kappa shape index (κ1) is 19.1. The minimum absolute atomic E-state index is 0.0764. The summed E-state index contributed by atoms with van der Waals surface area (Å²) in [6.07, 6.45) is -9.71. The molecule has 1 N–H and O–H groups in total. The molecule has 0 spiro atoms. The first-order chi connectivity index (χ1) is 13.0. The molecule has 2 aromatic rings. The lowest BCUT2D eigenvalue weighted by atomic mass is 10.0. The van der Waals surface area contributed by atoms with Gasteiger partial charge in [-0.15, -0.1) is 11.3 Å². The van der Waals surface area contributed by atoms with Gasteiger partial charge in [0.15, 0.2) is 5.69 Å². The van der Waals surface area contributed by atoms with Crippen LogP contribution in [-0.2, 0) is 6.18 Å². The topological polar surface area (TPSA) is 61.6 Å². The fourth-order valence-corrected chi connectivity index (χ4v) is 3.56. The Kier molecular flexibility index (Phi) is 4.20. The van der Waals surface area contributed by atoms with Crippen molar-refractivity contribution in [3.63, 3.8) is 0 Å². The maximum absolute atomic E-state index is 13.6. The molecule has 1 fully saturated rings. The number of hydrogen-bond acceptors (Lipinski definition) is 6. The Bertz CT molecular complexity index is 922. The van der Waals surface area contributed by atoms with Crippen molar-refractivity contribution >= 4 is 23.0 Å². The van der Waals surface area contributed by atoms with Crippen LogP contribution in [0.4, 0.5) is 32.3 Å². The van der Waals surface area contributed by atoms with Gasteiger partial charge in [-0.1, -0.05) is 6.07 Å². The number of thiophene rings is 1. The molecule has 0 amide bonds. The third-order valence-electron chi connectivity index (χ3n) is 4.48. The highest BCUT2D eigenvalue weighted by Gasteiger charge is 2.63. The summed E-state index contributed by atoms with van der Waals surface area (Å²) in [4.78, 5) is 7.41. The van der Waals surface area contributed by atoms with Crippen molar-refractivity contribution in [1.29, 1.82) is 0 Å². The van der Waals surface area contributed by atoms with Crippen LogP contribution >= 0.6 is 11.3 Å². The quantitative estimate of drug-likeness (QED) is 0.743. The molecule has 5 nitrogen and oxygen atoms in total. The first-order valence-corrected chi connectivity index (χ1v) is 9.04. The smallest absolute Gasteiger partial charge is 0.362 e. The predicted octanol–water partition coefficient (Wildman–Crippen LogP) is 4.45. The van der Waals surface area contributed by atoms with E-state index >= 15 is 0 Å². The largest absolute Gasteiger partial charge is 0.438 e. The Morgan fingerprint density at radius 1 is 1.14 bits per heavy atom. The second-order valence-electron chi connectivity index (χ2n) is 6.58. The van der Waals surface area contributed by atoms with Gasteiger partial charge in [-0.3, -0.25) is 0 Å². The van der Waals surface area contributed by atoms with Crippen molar-refractivity contribution in [3.05, 3.63) is 29.3 Å². The Morgan fingerprint density at radius 3 is 2.39 bits per heavy atom. The zero-order chi connectivity index (χ0) is 20.3. The van der Waals surface area contributed by atoms with Crippen LogP contribution in [0.15, 0.2) is 28.7 Å². The monoisotopic (exact) mass is 422 g/mol. The molecule has 0 saturated heterocycles. The first-order valence-electron chi connectivity index (χ1n) is 8.16. The predicted molar refractivity (Wildman–Crippen MR) is 88.6 cm³/mol. The van der Waals surface area contributed by atoms with Gasteiger partial charge in [0.2, 0.25) is 5.95 Å². The molecule has 1 aliphatic carbocycles. The van der Waals surface area contributed by atoms with Crippen molar-refractivity contribution in [2.75, 3.05) is 5.01 Å². The van der Waals surface area contributed by atoms with Crippen LogP contribution in [0.5, 0.6) is 0 Å². The molecule has 1 saturated carbocycles. The number of nitrogens with zero attached hydrogens (tertiary/aromatic N) is 4. The van der Waals surface area contributed by atoms with Crippen LogP contribution in [0.3, 0.4) is 0 Å². The van der Waals surface area contributed by atoms with Crippen LogP contribution in [0.25, 0.3) is 10.6 Å². The fourth-order valence-electron chi connectivity index (χ4n) is 2.87. The van der Waals surface area contributed by atoms with E-state index in [-0.39, 0.29) is 22.3 Å². The lowest BCUT2D eigenvalue weighted by Crippen LogP contribution is -2.55. The summed E-state index contributed by atoms with van der Waals surface area (Å²) in [5.74, 6) is -1.17. The molecule has 1 aliphatic heterocycles. The summed E-state index contributed by atoms with van der Waals surface area (Å²) in [6.45, 7) is 0. The van der Waals surface area contributed by atoms with Crippen molar-refractivity contribution < 1.29 is 31.4 Å². The molecule has 2 aliphatic rings. The van der Waals surface area contributed by atoms with Crippen molar-refractivity contribution in [1.82, 2.24) is 9.97 Å². The standard InChI is InChI=1S/C16H12F6N4OS/c17-15(18,19)12-6-9(11-2-1-5-28-11)23-13(24-12)26-14(27,16(20,21)22)7-10(25-26)8-3-4-8/h1-2,5-6,8,27H,3-4,7H2/t14-/m1/s1. The average Bonchev–Trinajstić information content (AvgIpc) is 3.16. The zero-order valence-corrected chi connectivity index (χ0v) is 14.7. The summed E-state index contributed by atoms with van der Waals surface area (Å²) in [5, 5.41) is 15.8. The third kappa shape index (κ3) is 3.24. The van der Waals surface area contributed by atoms with Crippen LogP contribution in [-0.4, -0.2) is 32.7 Å². The number of rotatable bonds is 3. The molecule has 0 radical (unpaired) electrons. The second kappa shape index (κ2) is 6.14. The summed E-state index contributed by atoms with van der Waals surface area (Å²) >= 11 is 1.07. The number of hydrogen-bond donors (Lipinski definition) is 1. The van der Waals surface area contributed by atoms with Gasteiger partial charge in [0, 0.05) is 12.1 Å². The van der Waals surface area contributed by atoms with E-state index in [9.17, 15) is 31.4 Å². The number of anilines is 1. The van der Waals surface area contributed by atoms with Crippen molar-refractivity contribution in [3.8, 4) is 10.6 Å². The zero-order valence-electron chi connectivity index (χ0n) is 13.9. The molecular weight excluding hydrogens is 410 g/mol. The number of alkyl halides is 6. The van der Waals surface area contributed by atoms with Gasteiger partial charge in [-0.25, -0.2) is 9.97 Å². The van der Waals surface area contributed by atoms with Crippen LogP contribution in [0.1, 0.15) is 25.0 Å². The van der Waals surface area contributed by atoms with Gasteiger partial charge in [0.05, 0.1) is 10.6 Å². The lowest BCUT2D eigenvalue weighted by molar-refractivity contribution is -0.254. The van der Waals surface area contributed by atoms with Gasteiger partial charge in [0.1, 0.15) is 0 Å². The van der Waals surface area contributed by atoms with Gasteiger partial charge in [-0.2, -0.15) is 36.5 Å². The molecule has 12 heteroatoms. The molecule has 0 unspecified atom stereocenters. The minimum Gasteiger partial charge on any atom is -0.362 e. The molecule has 0 aromatic carbocycles. The molecule has 1 atom stereocenters. The molecule has 150 valence electrons. The van der Waals surface area contributed by atoms with Gasteiger partial charge >= 0.3 is 12.4 Å². The Morgan fingerprint density at radius 2 is 1.86 bits per heavy atom. The maximum Gasteiger partial charge on any atom is 0.438 e. The molecule has 4 rings (SSSR count). The number of aliphatic hydroxyl groups is 1. The van der Waals surface area contributed by atoms with E-state index in [0.29, 0.717) is 23.8 Å². The van der Waals surface area contributed by atoms with E-state index in [1.54, 1.807) is 11.4 Å². The minimum atomic E-state index is -5.17.